The monoisotopic (exact) mass is 406 g/mol. The van der Waals surface area contributed by atoms with Crippen LogP contribution in [0.5, 0.6) is 0 Å². The molecule has 0 N–H and O–H groups in total. The van der Waals surface area contributed by atoms with Crippen molar-refractivity contribution in [1.29, 1.82) is 0 Å². The van der Waals surface area contributed by atoms with Crippen LogP contribution < -0.4 is 10.5 Å². The van der Waals surface area contributed by atoms with Crippen LogP contribution >= 0.6 is 0 Å². The summed E-state index contributed by atoms with van der Waals surface area (Å²) in [6, 6.07) is 14.6. The molecular weight excluding hydrogens is 384 g/mol. The van der Waals surface area contributed by atoms with Crippen LogP contribution in [0, 0.1) is 0 Å². The number of benzene rings is 2. The second-order valence-electron chi connectivity index (χ2n) is 7.24. The molecule has 0 radical (unpaired) electrons. The van der Waals surface area contributed by atoms with Crippen LogP contribution in [0.1, 0.15) is 25.3 Å². The highest BCUT2D eigenvalue weighted by atomic mass is 16.5. The Hall–Kier alpha value is -3.55. The maximum Gasteiger partial charge on any atom is 0.308 e. The van der Waals surface area contributed by atoms with Crippen molar-refractivity contribution in [3.8, 4) is 0 Å². The first-order valence-corrected chi connectivity index (χ1v) is 9.96. The number of para-hydroxylation sites is 1. The van der Waals surface area contributed by atoms with Crippen molar-refractivity contribution in [3.63, 3.8) is 0 Å². The number of carbonyl (C=O) groups excluding carboxylic acids is 2. The molecule has 1 aliphatic heterocycles. The summed E-state index contributed by atoms with van der Waals surface area (Å²) in [6.07, 6.45) is 0.798. The van der Waals surface area contributed by atoms with Gasteiger partial charge in [-0.25, -0.2) is 4.68 Å². The zero-order valence-corrected chi connectivity index (χ0v) is 16.7. The summed E-state index contributed by atoms with van der Waals surface area (Å²) >= 11 is 0. The lowest BCUT2D eigenvalue weighted by molar-refractivity contribution is -0.154. The molecule has 0 fully saturated rings. The molecular formula is C22H22N4O4. The Morgan fingerprint density at radius 2 is 1.90 bits per heavy atom. The number of hydrogen-bond donors (Lipinski definition) is 0. The summed E-state index contributed by atoms with van der Waals surface area (Å²) in [5, 5.41) is 8.29. The molecule has 0 aliphatic carbocycles. The van der Waals surface area contributed by atoms with E-state index in [2.05, 4.69) is 10.3 Å². The number of nitrogens with zero attached hydrogens (tertiary/aromatic N) is 4. The van der Waals surface area contributed by atoms with Gasteiger partial charge < -0.3 is 9.64 Å². The summed E-state index contributed by atoms with van der Waals surface area (Å²) in [4.78, 5) is 39.2. The molecule has 2 aromatic carbocycles. The lowest BCUT2D eigenvalue weighted by atomic mass is 10.0. The Balaban J connectivity index is 1.38. The van der Waals surface area contributed by atoms with Crippen molar-refractivity contribution in [2.75, 3.05) is 11.4 Å². The zero-order valence-electron chi connectivity index (χ0n) is 16.7. The van der Waals surface area contributed by atoms with Gasteiger partial charge in [0.15, 0.2) is 6.10 Å². The summed E-state index contributed by atoms with van der Waals surface area (Å²) in [7, 11) is 0. The maximum absolute atomic E-state index is 12.8. The normalized spacial score (nSPS) is 14.2. The summed E-state index contributed by atoms with van der Waals surface area (Å²) < 4.78 is 6.47. The van der Waals surface area contributed by atoms with Crippen LogP contribution in [0.15, 0.2) is 53.3 Å². The smallest absolute Gasteiger partial charge is 0.308 e. The van der Waals surface area contributed by atoms with Gasteiger partial charge in [0.25, 0.3) is 11.5 Å². The van der Waals surface area contributed by atoms with E-state index in [1.54, 1.807) is 36.1 Å². The minimum Gasteiger partial charge on any atom is -0.452 e. The molecule has 1 aliphatic rings. The first kappa shape index (κ1) is 19.8. The number of anilines is 1. The van der Waals surface area contributed by atoms with Crippen molar-refractivity contribution in [1.82, 2.24) is 15.0 Å². The van der Waals surface area contributed by atoms with Gasteiger partial charge in [-0.05, 0) is 43.5 Å². The molecule has 0 saturated heterocycles. The number of carbonyl (C=O) groups is 2. The van der Waals surface area contributed by atoms with E-state index in [-0.39, 0.29) is 24.4 Å². The summed E-state index contributed by atoms with van der Waals surface area (Å²) in [6.45, 7) is 2.20. The predicted octanol–water partition coefficient (Wildman–Crippen LogP) is 2.09. The average Bonchev–Trinajstić information content (AvgIpc) is 2.78. The number of fused-ring (bicyclic) bond motifs is 2. The molecule has 0 bridgehead atoms. The summed E-state index contributed by atoms with van der Waals surface area (Å²) in [5.41, 5.74) is 2.17. The van der Waals surface area contributed by atoms with Crippen LogP contribution in [-0.4, -0.2) is 39.5 Å². The van der Waals surface area contributed by atoms with Crippen LogP contribution in [0.2, 0.25) is 0 Å². The first-order chi connectivity index (χ1) is 14.5. The molecule has 154 valence electrons. The Morgan fingerprint density at radius 1 is 1.13 bits per heavy atom. The zero-order chi connectivity index (χ0) is 21.1. The highest BCUT2D eigenvalue weighted by molar-refractivity contribution is 5.98. The fraction of sp³-hybridized carbons (Fsp3) is 0.318. The van der Waals surface area contributed by atoms with Crippen molar-refractivity contribution in [3.05, 3.63) is 64.4 Å². The lowest BCUT2D eigenvalue weighted by Crippen LogP contribution is -2.42. The molecule has 0 unspecified atom stereocenters. The fourth-order valence-corrected chi connectivity index (χ4v) is 3.66. The first-order valence-electron chi connectivity index (χ1n) is 9.96. The molecule has 3 aromatic rings. The quantitative estimate of drug-likeness (QED) is 0.602. The van der Waals surface area contributed by atoms with Gasteiger partial charge in [0.1, 0.15) is 5.52 Å². The van der Waals surface area contributed by atoms with Crippen molar-refractivity contribution >= 4 is 28.5 Å². The van der Waals surface area contributed by atoms with Gasteiger partial charge in [0.2, 0.25) is 0 Å². The molecule has 8 nitrogen and oxygen atoms in total. The predicted molar refractivity (Wildman–Crippen MR) is 111 cm³/mol. The fourth-order valence-electron chi connectivity index (χ4n) is 3.66. The van der Waals surface area contributed by atoms with Crippen molar-refractivity contribution < 1.29 is 14.3 Å². The third-order valence-electron chi connectivity index (χ3n) is 5.19. The largest absolute Gasteiger partial charge is 0.452 e. The van der Waals surface area contributed by atoms with Gasteiger partial charge in [-0.3, -0.25) is 14.4 Å². The van der Waals surface area contributed by atoms with Gasteiger partial charge in [-0.1, -0.05) is 35.5 Å². The minimum atomic E-state index is -0.914. The number of rotatable bonds is 5. The number of aryl methyl sites for hydroxylation is 2. The highest BCUT2D eigenvalue weighted by Gasteiger charge is 2.28. The molecule has 30 heavy (non-hydrogen) atoms. The molecule has 1 aromatic heterocycles. The van der Waals surface area contributed by atoms with Gasteiger partial charge in [0, 0.05) is 12.2 Å². The maximum atomic E-state index is 12.8. The van der Waals surface area contributed by atoms with Gasteiger partial charge in [-0.15, -0.1) is 5.10 Å². The SMILES string of the molecule is C[C@@H](OC(=O)CCn1nnc2ccccc2c1=O)C(=O)N1CCCc2ccccc21. The third-order valence-corrected chi connectivity index (χ3v) is 5.19. The molecule has 0 spiro atoms. The average molecular weight is 406 g/mol. The molecule has 2 heterocycles. The van der Waals surface area contributed by atoms with E-state index >= 15 is 0 Å². The molecule has 1 amide bonds. The number of aromatic nitrogens is 3. The molecule has 1 atom stereocenters. The van der Waals surface area contributed by atoms with Gasteiger partial charge >= 0.3 is 5.97 Å². The Kier molecular flexibility index (Phi) is 5.56. The Bertz CT molecular complexity index is 1160. The lowest BCUT2D eigenvalue weighted by Gasteiger charge is -2.31. The van der Waals surface area contributed by atoms with Gasteiger partial charge in [0.05, 0.1) is 18.4 Å². The Labute approximate surface area is 173 Å². The van der Waals surface area contributed by atoms with E-state index in [1.165, 1.54) is 0 Å². The number of amides is 1. The van der Waals surface area contributed by atoms with E-state index in [4.69, 9.17) is 4.74 Å². The standard InChI is InChI=1S/C22H22N4O4/c1-15(21(28)25-13-6-8-16-7-2-5-11-19(16)25)30-20(27)12-14-26-22(29)17-9-3-4-10-18(17)23-24-26/h2-5,7,9-11,15H,6,8,12-14H2,1H3/t15-/m1/s1. The molecule has 8 heteroatoms. The topological polar surface area (TPSA) is 94.4 Å². The van der Waals surface area contributed by atoms with E-state index in [9.17, 15) is 14.4 Å². The van der Waals surface area contributed by atoms with E-state index in [0.717, 1.165) is 28.8 Å². The van der Waals surface area contributed by atoms with Crippen molar-refractivity contribution in [2.24, 2.45) is 0 Å². The van der Waals surface area contributed by atoms with Gasteiger partial charge in [-0.2, -0.15) is 0 Å². The van der Waals surface area contributed by atoms with Crippen molar-refractivity contribution in [2.45, 2.75) is 38.8 Å². The third kappa shape index (κ3) is 3.94. The van der Waals surface area contributed by atoms with E-state index in [1.807, 2.05) is 24.3 Å². The van der Waals surface area contributed by atoms with Crippen LogP contribution in [0.3, 0.4) is 0 Å². The van der Waals surface area contributed by atoms with Crippen LogP contribution in [0.25, 0.3) is 10.9 Å². The van der Waals surface area contributed by atoms with E-state index < -0.39 is 12.1 Å². The number of esters is 1. The highest BCUT2D eigenvalue weighted by Crippen LogP contribution is 2.27. The number of hydrogen-bond acceptors (Lipinski definition) is 6. The summed E-state index contributed by atoms with van der Waals surface area (Å²) in [5.74, 6) is -0.818. The second kappa shape index (κ2) is 8.44. The Morgan fingerprint density at radius 3 is 2.77 bits per heavy atom. The molecule has 4 rings (SSSR count). The number of ether oxygens (including phenoxy) is 1. The van der Waals surface area contributed by atoms with Crippen LogP contribution in [-0.2, 0) is 27.3 Å². The molecule has 0 saturated carbocycles. The minimum absolute atomic E-state index is 0.0307. The van der Waals surface area contributed by atoms with E-state index in [0.29, 0.717) is 17.4 Å². The van der Waals surface area contributed by atoms with Crippen LogP contribution in [0.4, 0.5) is 5.69 Å². The second-order valence-corrected chi connectivity index (χ2v) is 7.24.